The van der Waals surface area contributed by atoms with E-state index >= 15 is 0 Å². The van der Waals surface area contributed by atoms with Gasteiger partial charge in [0.05, 0.1) is 7.11 Å². The van der Waals surface area contributed by atoms with Crippen molar-refractivity contribution in [3.63, 3.8) is 0 Å². The van der Waals surface area contributed by atoms with Crippen LogP contribution in [0.15, 0.2) is 23.1 Å². The number of aryl methyl sites for hydroxylation is 1. The molecule has 0 saturated heterocycles. The summed E-state index contributed by atoms with van der Waals surface area (Å²) in [5.74, 6) is 0.191. The molecule has 0 bridgehead atoms. The van der Waals surface area contributed by atoms with Gasteiger partial charge in [0.1, 0.15) is 11.6 Å². The first kappa shape index (κ1) is 18.0. The SMILES string of the molecule is CC.COc1cc(-c2cn(C)c(=O)c(C)c2C)cc(F)c1C. The van der Waals surface area contributed by atoms with Gasteiger partial charge in [-0.3, -0.25) is 4.79 Å². The summed E-state index contributed by atoms with van der Waals surface area (Å²) < 4.78 is 20.7. The molecule has 0 unspecified atom stereocenters. The lowest BCUT2D eigenvalue weighted by atomic mass is 9.98. The van der Waals surface area contributed by atoms with E-state index in [0.29, 0.717) is 22.4 Å². The second-order valence-corrected chi connectivity index (χ2v) is 4.99. The van der Waals surface area contributed by atoms with Gasteiger partial charge in [0, 0.05) is 29.9 Å². The number of rotatable bonds is 2. The Morgan fingerprint density at radius 2 is 1.64 bits per heavy atom. The van der Waals surface area contributed by atoms with Crippen LogP contribution < -0.4 is 10.3 Å². The summed E-state index contributed by atoms with van der Waals surface area (Å²) >= 11 is 0. The number of halogens is 1. The maximum atomic E-state index is 14.0. The molecule has 0 amide bonds. The van der Waals surface area contributed by atoms with Crippen molar-refractivity contribution >= 4 is 0 Å². The molecule has 120 valence electrons. The summed E-state index contributed by atoms with van der Waals surface area (Å²) in [6.07, 6.45) is 1.73. The lowest BCUT2D eigenvalue weighted by molar-refractivity contribution is 0.407. The molecule has 2 rings (SSSR count). The second kappa shape index (κ2) is 7.25. The average Bonchev–Trinajstić information content (AvgIpc) is 2.53. The van der Waals surface area contributed by atoms with E-state index in [9.17, 15) is 9.18 Å². The minimum Gasteiger partial charge on any atom is -0.496 e. The highest BCUT2D eigenvalue weighted by Crippen LogP contribution is 2.31. The van der Waals surface area contributed by atoms with E-state index in [0.717, 1.165) is 11.1 Å². The minimum absolute atomic E-state index is 0.0363. The Balaban J connectivity index is 0.00000116. The van der Waals surface area contributed by atoms with Gasteiger partial charge < -0.3 is 9.30 Å². The van der Waals surface area contributed by atoms with Crippen LogP contribution >= 0.6 is 0 Å². The van der Waals surface area contributed by atoms with Crippen molar-refractivity contribution in [2.45, 2.75) is 34.6 Å². The molecule has 1 heterocycles. The fourth-order valence-electron chi connectivity index (χ4n) is 2.29. The largest absolute Gasteiger partial charge is 0.496 e. The molecule has 0 aliphatic rings. The van der Waals surface area contributed by atoms with Gasteiger partial charge in [-0.1, -0.05) is 13.8 Å². The maximum Gasteiger partial charge on any atom is 0.253 e. The van der Waals surface area contributed by atoms with Crippen LogP contribution in [0.4, 0.5) is 4.39 Å². The van der Waals surface area contributed by atoms with Gasteiger partial charge in [-0.05, 0) is 44.0 Å². The van der Waals surface area contributed by atoms with Gasteiger partial charge in [-0.25, -0.2) is 4.39 Å². The lowest BCUT2D eigenvalue weighted by Gasteiger charge is -2.14. The third-order valence-corrected chi connectivity index (χ3v) is 3.76. The van der Waals surface area contributed by atoms with Crippen molar-refractivity contribution < 1.29 is 9.13 Å². The van der Waals surface area contributed by atoms with Gasteiger partial charge in [0.15, 0.2) is 0 Å². The van der Waals surface area contributed by atoms with Crippen molar-refractivity contribution in [1.82, 2.24) is 4.57 Å². The van der Waals surface area contributed by atoms with E-state index in [1.807, 2.05) is 20.8 Å². The fraction of sp³-hybridized carbons (Fsp3) is 0.389. The Hall–Kier alpha value is -2.10. The smallest absolute Gasteiger partial charge is 0.253 e. The first-order chi connectivity index (χ1) is 10.4. The Bertz CT molecular complexity index is 733. The van der Waals surface area contributed by atoms with E-state index < -0.39 is 0 Å². The normalized spacial score (nSPS) is 10.0. The Labute approximate surface area is 131 Å². The predicted molar refractivity (Wildman–Crippen MR) is 89.2 cm³/mol. The standard InChI is InChI=1S/C16H18FNO2.C2H6/c1-9-10(2)16(19)18(4)8-13(9)12-6-14(17)11(3)15(7-12)20-5;1-2/h6-8H,1-5H3;1-2H3. The number of pyridine rings is 1. The van der Waals surface area contributed by atoms with Gasteiger partial charge in [0.25, 0.3) is 5.56 Å². The van der Waals surface area contributed by atoms with E-state index in [-0.39, 0.29) is 11.4 Å². The summed E-state index contributed by atoms with van der Waals surface area (Å²) in [6, 6.07) is 3.27. The van der Waals surface area contributed by atoms with Crippen LogP contribution in [0.5, 0.6) is 5.75 Å². The van der Waals surface area contributed by atoms with Crippen LogP contribution in [-0.4, -0.2) is 11.7 Å². The molecule has 0 saturated carbocycles. The highest BCUT2D eigenvalue weighted by molar-refractivity contribution is 5.69. The Morgan fingerprint density at radius 3 is 2.18 bits per heavy atom. The number of hydrogen-bond acceptors (Lipinski definition) is 2. The van der Waals surface area contributed by atoms with Gasteiger partial charge in [-0.15, -0.1) is 0 Å². The van der Waals surface area contributed by atoms with E-state index in [2.05, 4.69) is 0 Å². The van der Waals surface area contributed by atoms with Crippen molar-refractivity contribution in [3.05, 3.63) is 51.2 Å². The van der Waals surface area contributed by atoms with Crippen LogP contribution in [0.25, 0.3) is 11.1 Å². The molecule has 3 nitrogen and oxygen atoms in total. The van der Waals surface area contributed by atoms with Crippen molar-refractivity contribution in [2.75, 3.05) is 7.11 Å². The topological polar surface area (TPSA) is 31.2 Å². The van der Waals surface area contributed by atoms with Crippen LogP contribution in [-0.2, 0) is 7.05 Å². The summed E-state index contributed by atoms with van der Waals surface area (Å²) in [4.78, 5) is 11.9. The molecular weight excluding hydrogens is 281 g/mol. The molecule has 0 aliphatic heterocycles. The first-order valence-electron chi connectivity index (χ1n) is 7.38. The van der Waals surface area contributed by atoms with E-state index in [4.69, 9.17) is 4.74 Å². The molecule has 0 fully saturated rings. The molecule has 4 heteroatoms. The average molecular weight is 305 g/mol. The highest BCUT2D eigenvalue weighted by atomic mass is 19.1. The summed E-state index contributed by atoms with van der Waals surface area (Å²) in [7, 11) is 3.21. The van der Waals surface area contributed by atoms with Crippen LogP contribution in [0.1, 0.15) is 30.5 Å². The quantitative estimate of drug-likeness (QED) is 0.834. The summed E-state index contributed by atoms with van der Waals surface area (Å²) in [5, 5.41) is 0. The molecule has 0 aliphatic carbocycles. The summed E-state index contributed by atoms with van der Waals surface area (Å²) in [6.45, 7) is 9.33. The number of benzene rings is 1. The van der Waals surface area contributed by atoms with Crippen LogP contribution in [0, 0.1) is 26.6 Å². The van der Waals surface area contributed by atoms with Crippen molar-refractivity contribution in [3.8, 4) is 16.9 Å². The zero-order valence-corrected chi connectivity index (χ0v) is 14.4. The van der Waals surface area contributed by atoms with Gasteiger partial charge >= 0.3 is 0 Å². The summed E-state index contributed by atoms with van der Waals surface area (Å²) in [5.41, 5.74) is 3.52. The number of methoxy groups -OCH3 is 1. The Kier molecular flexibility index (Phi) is 5.92. The van der Waals surface area contributed by atoms with Gasteiger partial charge in [-0.2, -0.15) is 0 Å². The zero-order chi connectivity index (χ0) is 17.0. The number of nitrogens with zero attached hydrogens (tertiary/aromatic N) is 1. The minimum atomic E-state index is -0.315. The molecule has 22 heavy (non-hydrogen) atoms. The maximum absolute atomic E-state index is 14.0. The van der Waals surface area contributed by atoms with E-state index in [1.165, 1.54) is 17.7 Å². The molecule has 0 atom stereocenters. The lowest BCUT2D eigenvalue weighted by Crippen LogP contribution is -2.20. The molecule has 1 aromatic heterocycles. The monoisotopic (exact) mass is 305 g/mol. The fourth-order valence-corrected chi connectivity index (χ4v) is 2.29. The second-order valence-electron chi connectivity index (χ2n) is 4.99. The van der Waals surface area contributed by atoms with E-state index in [1.54, 1.807) is 33.2 Å². The number of hydrogen-bond donors (Lipinski definition) is 0. The van der Waals surface area contributed by atoms with Crippen LogP contribution in [0.2, 0.25) is 0 Å². The molecule has 2 aromatic rings. The highest BCUT2D eigenvalue weighted by Gasteiger charge is 2.13. The number of aromatic nitrogens is 1. The molecule has 1 aromatic carbocycles. The zero-order valence-electron chi connectivity index (χ0n) is 14.4. The number of ether oxygens (including phenoxy) is 1. The third-order valence-electron chi connectivity index (χ3n) is 3.76. The first-order valence-corrected chi connectivity index (χ1v) is 7.38. The van der Waals surface area contributed by atoms with Crippen LogP contribution in [0.3, 0.4) is 0 Å². The molecule has 0 spiro atoms. The molecule has 0 radical (unpaired) electrons. The predicted octanol–water partition coefficient (Wildman–Crippen LogP) is 4.15. The molecular formula is C18H24FNO2. The van der Waals surface area contributed by atoms with Gasteiger partial charge in [0.2, 0.25) is 0 Å². The van der Waals surface area contributed by atoms with Crippen molar-refractivity contribution in [1.29, 1.82) is 0 Å². The third kappa shape index (κ3) is 3.21. The Morgan fingerprint density at radius 1 is 1.05 bits per heavy atom. The molecule has 0 N–H and O–H groups in total. The van der Waals surface area contributed by atoms with Crippen molar-refractivity contribution in [2.24, 2.45) is 7.05 Å².